The first kappa shape index (κ1) is 11.7. The molecule has 8 nitrogen and oxygen atoms in total. The molecule has 1 aromatic carbocycles. The van der Waals surface area contributed by atoms with E-state index in [0.717, 1.165) is 22.6 Å². The van der Waals surface area contributed by atoms with Crippen LogP contribution in [0.2, 0.25) is 0 Å². The predicted molar refractivity (Wildman–Crippen MR) is 61.6 cm³/mol. The van der Waals surface area contributed by atoms with Gasteiger partial charge in [-0.1, -0.05) is 6.07 Å². The van der Waals surface area contributed by atoms with Gasteiger partial charge in [0.1, 0.15) is 18.1 Å². The third-order valence-electron chi connectivity index (χ3n) is 2.35. The second kappa shape index (κ2) is 4.24. The van der Waals surface area contributed by atoms with Crippen LogP contribution in [0.3, 0.4) is 0 Å². The highest BCUT2D eigenvalue weighted by Crippen LogP contribution is 2.24. The largest absolute Gasteiger partial charge is 0.307 e. The Morgan fingerprint density at radius 1 is 1.22 bits per heavy atom. The Morgan fingerprint density at radius 3 is 2.50 bits per heavy atom. The Hall–Kier alpha value is -2.77. The normalized spacial score (nSPS) is 10.3. The van der Waals surface area contributed by atoms with Crippen molar-refractivity contribution in [1.82, 2.24) is 9.78 Å². The lowest BCUT2D eigenvalue weighted by atomic mass is 10.2. The van der Waals surface area contributed by atoms with Crippen LogP contribution in [0.4, 0.5) is 11.4 Å². The van der Waals surface area contributed by atoms with Gasteiger partial charge in [-0.2, -0.15) is 5.10 Å². The smallest absolute Gasteiger partial charge is 0.258 e. The zero-order valence-electron chi connectivity index (χ0n) is 9.31. The molecule has 0 saturated carbocycles. The molecule has 1 aromatic heterocycles. The van der Waals surface area contributed by atoms with Crippen molar-refractivity contribution < 1.29 is 9.85 Å². The molecule has 0 bridgehead atoms. The van der Waals surface area contributed by atoms with Crippen LogP contribution in [0.15, 0.2) is 30.6 Å². The van der Waals surface area contributed by atoms with E-state index in [1.165, 1.54) is 12.1 Å². The van der Waals surface area contributed by atoms with Gasteiger partial charge in [-0.15, -0.1) is 0 Å². The Kier molecular flexibility index (Phi) is 2.76. The fraction of sp³-hybridized carbons (Fsp3) is 0.100. The topological polar surface area (TPSA) is 104 Å². The molecular formula is C10H8N4O4. The van der Waals surface area contributed by atoms with Crippen molar-refractivity contribution in [2.24, 2.45) is 0 Å². The fourth-order valence-corrected chi connectivity index (χ4v) is 1.51. The quantitative estimate of drug-likeness (QED) is 0.610. The molecule has 2 rings (SSSR count). The molecule has 0 N–H and O–H groups in total. The van der Waals surface area contributed by atoms with Crippen molar-refractivity contribution in [1.29, 1.82) is 0 Å². The maximum Gasteiger partial charge on any atom is 0.307 e. The number of nitro groups is 2. The molecule has 2 aromatic rings. The van der Waals surface area contributed by atoms with Crippen LogP contribution in [-0.4, -0.2) is 19.6 Å². The van der Waals surface area contributed by atoms with Crippen molar-refractivity contribution in [2.75, 3.05) is 0 Å². The molecule has 0 aliphatic heterocycles. The van der Waals surface area contributed by atoms with Crippen LogP contribution in [0.5, 0.6) is 0 Å². The van der Waals surface area contributed by atoms with Gasteiger partial charge in [0.2, 0.25) is 0 Å². The van der Waals surface area contributed by atoms with Gasteiger partial charge >= 0.3 is 5.69 Å². The fourth-order valence-electron chi connectivity index (χ4n) is 1.51. The van der Waals surface area contributed by atoms with E-state index < -0.39 is 9.85 Å². The number of nitro benzene ring substituents is 1. The summed E-state index contributed by atoms with van der Waals surface area (Å²) in [4.78, 5) is 20.3. The summed E-state index contributed by atoms with van der Waals surface area (Å²) in [5, 5.41) is 25.2. The van der Waals surface area contributed by atoms with Crippen molar-refractivity contribution in [3.8, 4) is 5.69 Å². The number of hydrogen-bond donors (Lipinski definition) is 0. The number of nitrogens with zero attached hydrogens (tertiary/aromatic N) is 4. The molecule has 8 heteroatoms. The van der Waals surface area contributed by atoms with E-state index in [4.69, 9.17) is 0 Å². The van der Waals surface area contributed by atoms with Gasteiger partial charge in [-0.05, 0) is 18.6 Å². The molecule has 0 fully saturated rings. The third-order valence-corrected chi connectivity index (χ3v) is 2.35. The lowest BCUT2D eigenvalue weighted by Gasteiger charge is -2.02. The van der Waals surface area contributed by atoms with Crippen LogP contribution >= 0.6 is 0 Å². The van der Waals surface area contributed by atoms with E-state index in [2.05, 4.69) is 5.10 Å². The van der Waals surface area contributed by atoms with Gasteiger partial charge in [0, 0.05) is 6.07 Å². The number of benzene rings is 1. The molecule has 0 unspecified atom stereocenters. The molecule has 18 heavy (non-hydrogen) atoms. The van der Waals surface area contributed by atoms with Crippen LogP contribution in [0, 0.1) is 27.2 Å². The standard InChI is InChI=1S/C10H8N4O4/c1-7-2-3-9(10(4-7)14(17)18)12-6-8(5-11-12)13(15)16/h2-6H,1H3. The minimum absolute atomic E-state index is 0.145. The van der Waals surface area contributed by atoms with Crippen molar-refractivity contribution in [3.05, 3.63) is 56.4 Å². The minimum Gasteiger partial charge on any atom is -0.258 e. The zero-order chi connectivity index (χ0) is 13.3. The predicted octanol–water partition coefficient (Wildman–Crippen LogP) is 2.00. The van der Waals surface area contributed by atoms with Gasteiger partial charge in [-0.3, -0.25) is 20.2 Å². The summed E-state index contributed by atoms with van der Waals surface area (Å²) in [7, 11) is 0. The molecular weight excluding hydrogens is 240 g/mol. The lowest BCUT2D eigenvalue weighted by Crippen LogP contribution is -2.00. The van der Waals surface area contributed by atoms with Gasteiger partial charge in [0.05, 0.1) is 9.85 Å². The van der Waals surface area contributed by atoms with Crippen molar-refractivity contribution >= 4 is 11.4 Å². The van der Waals surface area contributed by atoms with Crippen LogP contribution < -0.4 is 0 Å². The molecule has 0 aliphatic rings. The molecule has 0 radical (unpaired) electrons. The highest BCUT2D eigenvalue weighted by atomic mass is 16.6. The summed E-state index contributed by atoms with van der Waals surface area (Å²) in [6.07, 6.45) is 2.18. The first-order chi connectivity index (χ1) is 8.49. The summed E-state index contributed by atoms with van der Waals surface area (Å²) in [6.45, 7) is 1.72. The molecule has 0 amide bonds. The highest BCUT2D eigenvalue weighted by Gasteiger charge is 2.18. The molecule has 0 atom stereocenters. The van der Waals surface area contributed by atoms with E-state index in [1.807, 2.05) is 0 Å². The van der Waals surface area contributed by atoms with Crippen LogP contribution in [0.1, 0.15) is 5.56 Å². The average Bonchev–Trinajstić information content (AvgIpc) is 2.78. The maximum atomic E-state index is 10.9. The lowest BCUT2D eigenvalue weighted by molar-refractivity contribution is -0.385. The van der Waals surface area contributed by atoms with Crippen LogP contribution in [0.25, 0.3) is 5.69 Å². The van der Waals surface area contributed by atoms with Crippen molar-refractivity contribution in [3.63, 3.8) is 0 Å². The monoisotopic (exact) mass is 248 g/mol. The summed E-state index contributed by atoms with van der Waals surface area (Å²) >= 11 is 0. The van der Waals surface area contributed by atoms with Gasteiger partial charge in [0.25, 0.3) is 5.69 Å². The second-order valence-electron chi connectivity index (χ2n) is 3.65. The van der Waals surface area contributed by atoms with Gasteiger partial charge in [0.15, 0.2) is 0 Å². The van der Waals surface area contributed by atoms with Crippen molar-refractivity contribution in [2.45, 2.75) is 6.92 Å². The summed E-state index contributed by atoms with van der Waals surface area (Å²) < 4.78 is 1.12. The molecule has 0 aliphatic carbocycles. The van der Waals surface area contributed by atoms with E-state index in [0.29, 0.717) is 0 Å². The van der Waals surface area contributed by atoms with Crippen LogP contribution in [-0.2, 0) is 0 Å². The van der Waals surface area contributed by atoms with E-state index >= 15 is 0 Å². The Labute approximate surface area is 101 Å². The number of aromatic nitrogens is 2. The number of rotatable bonds is 3. The first-order valence-electron chi connectivity index (χ1n) is 4.93. The Morgan fingerprint density at radius 2 is 1.94 bits per heavy atom. The molecule has 1 heterocycles. The highest BCUT2D eigenvalue weighted by molar-refractivity contribution is 5.54. The SMILES string of the molecule is Cc1ccc(-n2cc([N+](=O)[O-])cn2)c([N+](=O)[O-])c1. The summed E-state index contributed by atoms with van der Waals surface area (Å²) in [5.41, 5.74) is 0.559. The molecule has 0 saturated heterocycles. The van der Waals surface area contributed by atoms with E-state index in [1.54, 1.807) is 13.0 Å². The summed E-state index contributed by atoms with van der Waals surface area (Å²) in [6, 6.07) is 4.57. The zero-order valence-corrected chi connectivity index (χ0v) is 9.31. The Bertz CT molecular complexity index is 635. The number of aryl methyl sites for hydroxylation is 1. The Balaban J connectivity index is 2.55. The minimum atomic E-state index is -0.608. The third kappa shape index (κ3) is 2.03. The van der Waals surface area contributed by atoms with E-state index in [9.17, 15) is 20.2 Å². The first-order valence-corrected chi connectivity index (χ1v) is 4.93. The molecule has 0 spiro atoms. The maximum absolute atomic E-state index is 10.9. The van der Waals surface area contributed by atoms with E-state index in [-0.39, 0.29) is 17.1 Å². The second-order valence-corrected chi connectivity index (χ2v) is 3.65. The van der Waals surface area contributed by atoms with Gasteiger partial charge in [-0.25, -0.2) is 4.68 Å². The number of hydrogen-bond acceptors (Lipinski definition) is 5. The average molecular weight is 248 g/mol. The van der Waals surface area contributed by atoms with Gasteiger partial charge < -0.3 is 0 Å². The molecule has 92 valence electrons. The summed E-state index contributed by atoms with van der Waals surface area (Å²) in [5.74, 6) is 0.